The van der Waals surface area contributed by atoms with Crippen LogP contribution in [0.15, 0.2) is 73.3 Å². The molecule has 35 heavy (non-hydrogen) atoms. The van der Waals surface area contributed by atoms with Crippen LogP contribution in [0.1, 0.15) is 25.1 Å². The maximum Gasteiger partial charge on any atom is 0.133 e. The number of benzene rings is 2. The van der Waals surface area contributed by atoms with Gasteiger partial charge >= 0.3 is 0 Å². The van der Waals surface area contributed by atoms with Crippen molar-refractivity contribution in [3.05, 3.63) is 96.2 Å². The second kappa shape index (κ2) is 9.68. The van der Waals surface area contributed by atoms with E-state index in [1.165, 1.54) is 18.3 Å². The molecule has 2 aromatic heterocycles. The average Bonchev–Trinajstić information content (AvgIpc) is 3.24. The van der Waals surface area contributed by atoms with Crippen LogP contribution in [0.4, 0.5) is 14.5 Å². The Kier molecular flexibility index (Phi) is 6.66. The van der Waals surface area contributed by atoms with E-state index in [-0.39, 0.29) is 12.1 Å². The molecule has 4 aromatic rings. The van der Waals surface area contributed by atoms with Crippen molar-refractivity contribution in [3.8, 4) is 22.3 Å². The molecule has 0 radical (unpaired) electrons. The molecule has 0 bridgehead atoms. The molecule has 0 saturated carbocycles. The van der Waals surface area contributed by atoms with Crippen LogP contribution >= 0.6 is 0 Å². The fourth-order valence-corrected chi connectivity index (χ4v) is 3.71. The van der Waals surface area contributed by atoms with Gasteiger partial charge in [0.2, 0.25) is 0 Å². The van der Waals surface area contributed by atoms with Gasteiger partial charge in [-0.3, -0.25) is 9.67 Å². The zero-order valence-electron chi connectivity index (χ0n) is 19.8. The fraction of sp³-hybridized carbons (Fsp3) is 0.185. The lowest BCUT2D eigenvalue weighted by Gasteiger charge is -2.20. The lowest BCUT2D eigenvalue weighted by atomic mass is 9.95. The first-order valence-corrected chi connectivity index (χ1v) is 11.1. The van der Waals surface area contributed by atoms with Gasteiger partial charge in [0.05, 0.1) is 17.5 Å². The number of nitrogens with one attached hydrogen (secondary N) is 1. The number of nitrogens with two attached hydrogens (primary N) is 1. The van der Waals surface area contributed by atoms with Crippen LogP contribution in [0, 0.1) is 11.6 Å². The second-order valence-electron chi connectivity index (χ2n) is 9.00. The third-order valence-corrected chi connectivity index (χ3v) is 5.46. The Balaban J connectivity index is 1.75. The van der Waals surface area contributed by atoms with Crippen LogP contribution in [-0.4, -0.2) is 32.0 Å². The average molecular weight is 476 g/mol. The summed E-state index contributed by atoms with van der Waals surface area (Å²) >= 11 is 0. The molecule has 0 amide bonds. The zero-order valence-corrected chi connectivity index (χ0v) is 19.8. The van der Waals surface area contributed by atoms with Crippen molar-refractivity contribution in [1.82, 2.24) is 14.8 Å². The molecule has 0 spiro atoms. The lowest BCUT2D eigenvalue weighted by molar-refractivity contribution is 0.0945. The van der Waals surface area contributed by atoms with Gasteiger partial charge in [0.25, 0.3) is 0 Å². The summed E-state index contributed by atoms with van der Waals surface area (Å²) in [4.78, 5) is 4.59. The highest BCUT2D eigenvalue weighted by Crippen LogP contribution is 2.32. The van der Waals surface area contributed by atoms with E-state index >= 15 is 0 Å². The largest absolute Gasteiger partial charge is 0.404 e. The number of hydrogen-bond acceptors (Lipinski definition) is 5. The number of aliphatic hydroxyl groups is 1. The normalized spacial score (nSPS) is 12.1. The zero-order chi connectivity index (χ0) is 25.2. The molecule has 0 fully saturated rings. The first-order valence-electron chi connectivity index (χ1n) is 11.1. The maximum atomic E-state index is 14.6. The fourth-order valence-electron chi connectivity index (χ4n) is 3.71. The van der Waals surface area contributed by atoms with Crippen LogP contribution in [-0.2, 0) is 7.05 Å². The minimum absolute atomic E-state index is 0.246. The Morgan fingerprint density at radius 1 is 1.06 bits per heavy atom. The predicted octanol–water partition coefficient (Wildman–Crippen LogP) is 4.96. The van der Waals surface area contributed by atoms with Gasteiger partial charge in [-0.15, -0.1) is 0 Å². The number of halogens is 2. The summed E-state index contributed by atoms with van der Waals surface area (Å²) in [5.74, 6) is -1.32. The van der Waals surface area contributed by atoms with Crippen molar-refractivity contribution in [2.45, 2.75) is 19.4 Å². The van der Waals surface area contributed by atoms with Crippen LogP contribution in [0.25, 0.3) is 27.8 Å². The van der Waals surface area contributed by atoms with Crippen molar-refractivity contribution in [2.75, 3.05) is 11.9 Å². The lowest BCUT2D eigenvalue weighted by Crippen LogP contribution is -2.29. The van der Waals surface area contributed by atoms with E-state index in [4.69, 9.17) is 5.73 Å². The van der Waals surface area contributed by atoms with E-state index in [0.717, 1.165) is 17.2 Å². The highest BCUT2D eigenvalue weighted by Gasteiger charge is 2.16. The summed E-state index contributed by atoms with van der Waals surface area (Å²) in [6.07, 6.45) is 6.86. The summed E-state index contributed by atoms with van der Waals surface area (Å²) in [5, 5.41) is 17.5. The summed E-state index contributed by atoms with van der Waals surface area (Å²) in [7, 11) is 1.85. The Morgan fingerprint density at radius 2 is 1.86 bits per heavy atom. The SMILES string of the molecule is Cn1cc(-c2ccc(C(=CN)c3cc(NCC(C)(C)O)cc(-c4ccc(F)cc4F)c3)nc2)cn1. The molecule has 180 valence electrons. The van der Waals surface area contributed by atoms with Crippen LogP contribution in [0.3, 0.4) is 0 Å². The molecule has 0 atom stereocenters. The molecule has 0 aliphatic rings. The van der Waals surface area contributed by atoms with Gasteiger partial charge in [0, 0.05) is 66.2 Å². The van der Waals surface area contributed by atoms with Gasteiger partial charge < -0.3 is 16.2 Å². The Hall–Kier alpha value is -4.04. The van der Waals surface area contributed by atoms with Gasteiger partial charge in [0.1, 0.15) is 11.6 Å². The number of aryl methyl sites for hydroxylation is 1. The molecule has 2 aromatic carbocycles. The van der Waals surface area contributed by atoms with Crippen molar-refractivity contribution < 1.29 is 13.9 Å². The first kappa shape index (κ1) is 24.1. The third-order valence-electron chi connectivity index (χ3n) is 5.46. The molecular weight excluding hydrogens is 448 g/mol. The molecule has 2 heterocycles. The Bertz CT molecular complexity index is 1370. The number of rotatable bonds is 7. The van der Waals surface area contributed by atoms with E-state index in [9.17, 15) is 13.9 Å². The van der Waals surface area contributed by atoms with Gasteiger partial charge in [-0.2, -0.15) is 5.10 Å². The van der Waals surface area contributed by atoms with Crippen molar-refractivity contribution >= 4 is 11.3 Å². The summed E-state index contributed by atoms with van der Waals surface area (Å²) < 4.78 is 29.9. The van der Waals surface area contributed by atoms with Crippen LogP contribution < -0.4 is 11.1 Å². The summed E-state index contributed by atoms with van der Waals surface area (Å²) in [5.41, 5.74) is 10.3. The van der Waals surface area contributed by atoms with E-state index in [0.29, 0.717) is 28.1 Å². The van der Waals surface area contributed by atoms with Crippen molar-refractivity contribution in [1.29, 1.82) is 0 Å². The second-order valence-corrected chi connectivity index (χ2v) is 9.00. The van der Waals surface area contributed by atoms with Crippen LogP contribution in [0.5, 0.6) is 0 Å². The van der Waals surface area contributed by atoms with Gasteiger partial charge in [-0.05, 0) is 61.4 Å². The highest BCUT2D eigenvalue weighted by atomic mass is 19.1. The molecule has 4 N–H and O–H groups in total. The number of nitrogens with zero attached hydrogens (tertiary/aromatic N) is 3. The highest BCUT2D eigenvalue weighted by molar-refractivity contribution is 5.83. The van der Waals surface area contributed by atoms with Crippen LogP contribution in [0.2, 0.25) is 0 Å². The first-order chi connectivity index (χ1) is 16.6. The van der Waals surface area contributed by atoms with Gasteiger partial charge in [-0.25, -0.2) is 8.78 Å². The van der Waals surface area contributed by atoms with E-state index in [1.807, 2.05) is 31.4 Å². The molecular formula is C27H27F2N5O. The van der Waals surface area contributed by atoms with Crippen molar-refractivity contribution in [3.63, 3.8) is 0 Å². The Morgan fingerprint density at radius 3 is 2.46 bits per heavy atom. The topological polar surface area (TPSA) is 89.0 Å². The van der Waals surface area contributed by atoms with Gasteiger partial charge in [0.15, 0.2) is 0 Å². The molecule has 8 heteroatoms. The number of pyridine rings is 1. The predicted molar refractivity (Wildman–Crippen MR) is 134 cm³/mol. The standard InChI is InChI=1S/C27H27F2N5O/c1-27(2,35)16-32-22-9-18(23-6-5-21(28)11-25(23)29)8-19(10-22)24(12-30)26-7-4-17(13-31-26)20-14-33-34(3)15-20/h4-15,32,35H,16,30H2,1-3H3. The molecule has 6 nitrogen and oxygen atoms in total. The van der Waals surface area contributed by atoms with E-state index < -0.39 is 17.2 Å². The molecule has 0 aliphatic carbocycles. The summed E-state index contributed by atoms with van der Waals surface area (Å²) in [6.45, 7) is 3.63. The number of aromatic nitrogens is 3. The maximum absolute atomic E-state index is 14.6. The minimum atomic E-state index is -0.965. The van der Waals surface area contributed by atoms with Gasteiger partial charge in [-0.1, -0.05) is 6.07 Å². The number of anilines is 1. The Labute approximate surface area is 202 Å². The monoisotopic (exact) mass is 475 g/mol. The number of hydrogen-bond donors (Lipinski definition) is 3. The minimum Gasteiger partial charge on any atom is -0.404 e. The smallest absolute Gasteiger partial charge is 0.133 e. The molecule has 0 unspecified atom stereocenters. The van der Waals surface area contributed by atoms with E-state index in [2.05, 4.69) is 15.4 Å². The molecule has 0 saturated heterocycles. The molecule has 0 aliphatic heterocycles. The molecule has 4 rings (SSSR count). The van der Waals surface area contributed by atoms with Crippen molar-refractivity contribution in [2.24, 2.45) is 12.8 Å². The third kappa shape index (κ3) is 5.73. The summed E-state index contributed by atoms with van der Waals surface area (Å²) in [6, 6.07) is 12.6. The quantitative estimate of drug-likeness (QED) is 0.352. The van der Waals surface area contributed by atoms with E-state index in [1.54, 1.807) is 43.1 Å².